The zero-order valence-electron chi connectivity index (χ0n) is 10.2. The monoisotopic (exact) mass is 210 g/mol. The van der Waals surface area contributed by atoms with Crippen molar-refractivity contribution in [1.82, 2.24) is 9.78 Å². The van der Waals surface area contributed by atoms with Crippen LogP contribution in [-0.2, 0) is 19.4 Å². The van der Waals surface area contributed by atoms with Crippen LogP contribution in [0.3, 0.4) is 0 Å². The maximum atomic E-state index is 10.0. The lowest BCUT2D eigenvalue weighted by Gasteiger charge is -2.02. The highest BCUT2D eigenvalue weighted by molar-refractivity contribution is 5.32. The smallest absolute Gasteiger partial charge is 0.160 e. The Morgan fingerprint density at radius 3 is 2.47 bits per heavy atom. The van der Waals surface area contributed by atoms with Crippen molar-refractivity contribution in [3.05, 3.63) is 11.4 Å². The van der Waals surface area contributed by atoms with Crippen molar-refractivity contribution in [3.63, 3.8) is 0 Å². The lowest BCUT2D eigenvalue weighted by molar-refractivity contribution is 0.454. The highest BCUT2D eigenvalue weighted by Crippen LogP contribution is 2.25. The van der Waals surface area contributed by atoms with Crippen LogP contribution in [-0.4, -0.2) is 14.9 Å². The Balaban J connectivity index is 2.98. The van der Waals surface area contributed by atoms with E-state index in [1.807, 2.05) is 4.68 Å². The largest absolute Gasteiger partial charge is 0.504 e. The number of hydrogen-bond acceptors (Lipinski definition) is 2. The standard InChI is InChI=1S/C12H22N2O/c1-5-7-14-11(6-2)12(15)10(13-14)8-9(3)4/h9,15H,5-8H2,1-4H3. The van der Waals surface area contributed by atoms with Gasteiger partial charge in [0, 0.05) is 6.54 Å². The van der Waals surface area contributed by atoms with Crippen LogP contribution in [0.2, 0.25) is 0 Å². The van der Waals surface area contributed by atoms with Crippen molar-refractivity contribution in [3.8, 4) is 5.75 Å². The first kappa shape index (κ1) is 12.1. The van der Waals surface area contributed by atoms with Gasteiger partial charge in [0.2, 0.25) is 0 Å². The Morgan fingerprint density at radius 2 is 2.00 bits per heavy atom. The van der Waals surface area contributed by atoms with E-state index in [0.29, 0.717) is 11.7 Å². The van der Waals surface area contributed by atoms with E-state index in [1.54, 1.807) is 0 Å². The number of aryl methyl sites for hydroxylation is 1. The number of aromatic nitrogens is 2. The number of hydrogen-bond donors (Lipinski definition) is 1. The molecule has 1 rings (SSSR count). The van der Waals surface area contributed by atoms with E-state index in [2.05, 4.69) is 32.8 Å². The van der Waals surface area contributed by atoms with Crippen LogP contribution in [0, 0.1) is 5.92 Å². The molecule has 0 aliphatic carbocycles. The van der Waals surface area contributed by atoms with Crippen molar-refractivity contribution in [1.29, 1.82) is 0 Å². The van der Waals surface area contributed by atoms with Gasteiger partial charge in [-0.15, -0.1) is 0 Å². The molecule has 0 aliphatic rings. The van der Waals surface area contributed by atoms with Crippen LogP contribution < -0.4 is 0 Å². The molecule has 0 bridgehead atoms. The normalized spacial score (nSPS) is 11.3. The second-order valence-electron chi connectivity index (χ2n) is 4.42. The molecule has 1 aromatic rings. The van der Waals surface area contributed by atoms with E-state index in [4.69, 9.17) is 0 Å². The van der Waals surface area contributed by atoms with Gasteiger partial charge in [-0.05, 0) is 25.2 Å². The van der Waals surface area contributed by atoms with Gasteiger partial charge in [-0.1, -0.05) is 27.7 Å². The van der Waals surface area contributed by atoms with E-state index >= 15 is 0 Å². The lowest BCUT2D eigenvalue weighted by Crippen LogP contribution is -2.04. The molecule has 0 atom stereocenters. The van der Waals surface area contributed by atoms with Gasteiger partial charge < -0.3 is 5.11 Å². The molecule has 0 aromatic carbocycles. The van der Waals surface area contributed by atoms with E-state index in [9.17, 15) is 5.11 Å². The van der Waals surface area contributed by atoms with Crippen molar-refractivity contribution >= 4 is 0 Å². The third-order valence-corrected chi connectivity index (χ3v) is 2.47. The van der Waals surface area contributed by atoms with E-state index in [1.165, 1.54) is 0 Å². The fourth-order valence-electron chi connectivity index (χ4n) is 1.81. The molecule has 86 valence electrons. The van der Waals surface area contributed by atoms with Crippen LogP contribution in [0.1, 0.15) is 45.5 Å². The predicted molar refractivity (Wildman–Crippen MR) is 62.1 cm³/mol. The molecule has 3 heteroatoms. The summed E-state index contributed by atoms with van der Waals surface area (Å²) in [6.45, 7) is 9.37. The zero-order chi connectivity index (χ0) is 11.4. The molecule has 1 N–H and O–H groups in total. The molecule has 0 unspecified atom stereocenters. The van der Waals surface area contributed by atoms with Crippen molar-refractivity contribution < 1.29 is 5.11 Å². The first-order chi connectivity index (χ1) is 7.10. The van der Waals surface area contributed by atoms with Crippen molar-refractivity contribution in [2.45, 2.75) is 53.5 Å². The Kier molecular flexibility index (Phi) is 4.18. The summed E-state index contributed by atoms with van der Waals surface area (Å²) in [5, 5.41) is 14.5. The molecule has 0 aliphatic heterocycles. The zero-order valence-corrected chi connectivity index (χ0v) is 10.2. The highest BCUT2D eigenvalue weighted by Gasteiger charge is 2.15. The van der Waals surface area contributed by atoms with Crippen LogP contribution in [0.5, 0.6) is 5.75 Å². The molecule has 0 radical (unpaired) electrons. The van der Waals surface area contributed by atoms with Gasteiger partial charge in [0.05, 0.1) is 5.69 Å². The molecule has 0 saturated carbocycles. The molecule has 15 heavy (non-hydrogen) atoms. The quantitative estimate of drug-likeness (QED) is 0.811. The second kappa shape index (κ2) is 5.19. The Labute approximate surface area is 92.1 Å². The molecule has 0 spiro atoms. The van der Waals surface area contributed by atoms with E-state index in [0.717, 1.165) is 37.2 Å². The molecule has 0 amide bonds. The molecule has 1 aromatic heterocycles. The summed E-state index contributed by atoms with van der Waals surface area (Å²) >= 11 is 0. The summed E-state index contributed by atoms with van der Waals surface area (Å²) in [7, 11) is 0. The molecule has 0 fully saturated rings. The third kappa shape index (κ3) is 2.74. The second-order valence-corrected chi connectivity index (χ2v) is 4.42. The minimum atomic E-state index is 0.416. The minimum Gasteiger partial charge on any atom is -0.504 e. The minimum absolute atomic E-state index is 0.416. The third-order valence-electron chi connectivity index (χ3n) is 2.47. The Morgan fingerprint density at radius 1 is 1.33 bits per heavy atom. The summed E-state index contributed by atoms with van der Waals surface area (Å²) in [5.74, 6) is 0.949. The van der Waals surface area contributed by atoms with E-state index < -0.39 is 0 Å². The molecule has 3 nitrogen and oxygen atoms in total. The fourth-order valence-corrected chi connectivity index (χ4v) is 1.81. The lowest BCUT2D eigenvalue weighted by atomic mass is 10.1. The summed E-state index contributed by atoms with van der Waals surface area (Å²) in [5.41, 5.74) is 1.84. The first-order valence-electron chi connectivity index (χ1n) is 5.87. The number of aromatic hydroxyl groups is 1. The van der Waals surface area contributed by atoms with Gasteiger partial charge in [0.1, 0.15) is 5.69 Å². The number of rotatable bonds is 5. The van der Waals surface area contributed by atoms with Gasteiger partial charge in [0.15, 0.2) is 5.75 Å². The van der Waals surface area contributed by atoms with Crippen LogP contribution in [0.25, 0.3) is 0 Å². The predicted octanol–water partition coefficient (Wildman–Crippen LogP) is 2.76. The summed E-state index contributed by atoms with van der Waals surface area (Å²) in [6.07, 6.45) is 2.75. The summed E-state index contributed by atoms with van der Waals surface area (Å²) < 4.78 is 1.95. The van der Waals surface area contributed by atoms with Gasteiger partial charge >= 0.3 is 0 Å². The molecular formula is C12H22N2O. The Hall–Kier alpha value is -0.990. The maximum Gasteiger partial charge on any atom is 0.160 e. The van der Waals surface area contributed by atoms with Crippen LogP contribution in [0.4, 0.5) is 0 Å². The van der Waals surface area contributed by atoms with E-state index in [-0.39, 0.29) is 0 Å². The van der Waals surface area contributed by atoms with Gasteiger partial charge in [0.25, 0.3) is 0 Å². The Bertz CT molecular complexity index is 316. The van der Waals surface area contributed by atoms with Crippen molar-refractivity contribution in [2.75, 3.05) is 0 Å². The molecule has 1 heterocycles. The van der Waals surface area contributed by atoms with Crippen LogP contribution >= 0.6 is 0 Å². The average molecular weight is 210 g/mol. The first-order valence-corrected chi connectivity index (χ1v) is 5.87. The van der Waals surface area contributed by atoms with Gasteiger partial charge in [-0.2, -0.15) is 5.10 Å². The summed E-state index contributed by atoms with van der Waals surface area (Å²) in [4.78, 5) is 0. The van der Waals surface area contributed by atoms with Crippen molar-refractivity contribution in [2.24, 2.45) is 5.92 Å². The number of nitrogens with zero attached hydrogens (tertiary/aromatic N) is 2. The highest BCUT2D eigenvalue weighted by atomic mass is 16.3. The average Bonchev–Trinajstić information content (AvgIpc) is 2.43. The fraction of sp³-hybridized carbons (Fsp3) is 0.750. The van der Waals surface area contributed by atoms with Gasteiger partial charge in [-0.3, -0.25) is 4.68 Å². The maximum absolute atomic E-state index is 10.0. The summed E-state index contributed by atoms with van der Waals surface area (Å²) in [6, 6.07) is 0. The molecular weight excluding hydrogens is 188 g/mol. The van der Waals surface area contributed by atoms with Gasteiger partial charge in [-0.25, -0.2) is 0 Å². The topological polar surface area (TPSA) is 38.0 Å². The SMILES string of the molecule is CCCn1nc(CC(C)C)c(O)c1CC. The molecule has 0 saturated heterocycles. The van der Waals surface area contributed by atoms with Crippen LogP contribution in [0.15, 0.2) is 0 Å².